The summed E-state index contributed by atoms with van der Waals surface area (Å²) in [6, 6.07) is 1.72. The van der Waals surface area contributed by atoms with Crippen LogP contribution in [0.15, 0.2) is 11.0 Å². The first kappa shape index (κ1) is 28.4. The van der Waals surface area contributed by atoms with Gasteiger partial charge in [0.25, 0.3) is 0 Å². The molecule has 10 heteroatoms. The minimum atomic E-state index is -1.25. The average Bonchev–Trinajstić information content (AvgIpc) is 3.35. The summed E-state index contributed by atoms with van der Waals surface area (Å²) >= 11 is 1.52. The molecule has 9 nitrogen and oxygen atoms in total. The van der Waals surface area contributed by atoms with E-state index in [1.54, 1.807) is 27.7 Å². The molecule has 0 aromatic carbocycles. The van der Waals surface area contributed by atoms with E-state index in [-0.39, 0.29) is 31.3 Å². The molecule has 1 aromatic heterocycles. The number of carbonyl (C=O) groups is 2. The molecule has 3 N–H and O–H groups in total. The van der Waals surface area contributed by atoms with Crippen LogP contribution in [0.5, 0.6) is 0 Å². The lowest BCUT2D eigenvalue weighted by atomic mass is 9.73. The van der Waals surface area contributed by atoms with Crippen LogP contribution in [-0.2, 0) is 19.1 Å². The number of nitrogens with zero attached hydrogens (tertiary/aromatic N) is 2. The zero-order chi connectivity index (χ0) is 26.8. The van der Waals surface area contributed by atoms with E-state index in [9.17, 15) is 25.1 Å². The van der Waals surface area contributed by atoms with Gasteiger partial charge in [0.2, 0.25) is 11.5 Å². The molecule has 3 heterocycles. The second-order valence-corrected chi connectivity index (χ2v) is 11.8. The first-order valence-electron chi connectivity index (χ1n) is 12.3. The van der Waals surface area contributed by atoms with Crippen molar-refractivity contribution in [2.24, 2.45) is 17.3 Å². The smallest absolute Gasteiger partial charge is 0.223 e. The molecule has 2 unspecified atom stereocenters. The third-order valence-corrected chi connectivity index (χ3v) is 8.20. The van der Waals surface area contributed by atoms with Crippen LogP contribution in [0.25, 0.3) is 6.08 Å². The van der Waals surface area contributed by atoms with E-state index in [1.807, 2.05) is 25.3 Å². The number of aromatic nitrogens is 1. The van der Waals surface area contributed by atoms with Crippen LogP contribution in [-0.4, -0.2) is 70.1 Å². The Morgan fingerprint density at radius 2 is 2.03 bits per heavy atom. The van der Waals surface area contributed by atoms with Crippen LogP contribution in [0.4, 0.5) is 0 Å². The van der Waals surface area contributed by atoms with Crippen molar-refractivity contribution in [2.75, 3.05) is 13.2 Å². The number of aliphatic hydroxyl groups is 2. The van der Waals surface area contributed by atoms with Crippen molar-refractivity contribution in [1.82, 2.24) is 10.3 Å². The van der Waals surface area contributed by atoms with E-state index in [2.05, 4.69) is 16.4 Å². The van der Waals surface area contributed by atoms with Crippen molar-refractivity contribution in [3.8, 4) is 6.07 Å². The summed E-state index contributed by atoms with van der Waals surface area (Å²) in [6.45, 7) is 10.5. The second kappa shape index (κ2) is 11.1. The summed E-state index contributed by atoms with van der Waals surface area (Å²) in [5.74, 6) is -1.93. The quantitative estimate of drug-likeness (QED) is 0.505. The Bertz CT molecular complexity index is 1050. The highest BCUT2D eigenvalue weighted by molar-refractivity contribution is 7.09. The molecule has 3 rings (SSSR count). The second-order valence-electron chi connectivity index (χ2n) is 10.7. The average molecular weight is 520 g/mol. The van der Waals surface area contributed by atoms with E-state index in [0.717, 1.165) is 16.3 Å². The zero-order valence-corrected chi connectivity index (χ0v) is 22.6. The van der Waals surface area contributed by atoms with Gasteiger partial charge in [-0.2, -0.15) is 5.26 Å². The van der Waals surface area contributed by atoms with Gasteiger partial charge in [0.1, 0.15) is 18.0 Å². The van der Waals surface area contributed by atoms with Crippen molar-refractivity contribution in [3.05, 3.63) is 21.7 Å². The Hall–Kier alpha value is -2.16. The van der Waals surface area contributed by atoms with Crippen molar-refractivity contribution >= 4 is 29.1 Å². The number of epoxide rings is 1. The molecule has 0 radical (unpaired) electrons. The first-order valence-corrected chi connectivity index (χ1v) is 13.2. The van der Waals surface area contributed by atoms with Crippen molar-refractivity contribution < 1.29 is 29.3 Å². The number of amides is 1. The zero-order valence-electron chi connectivity index (χ0n) is 21.8. The summed E-state index contributed by atoms with van der Waals surface area (Å²) in [7, 11) is 0. The van der Waals surface area contributed by atoms with E-state index in [1.165, 1.54) is 11.3 Å². The maximum absolute atomic E-state index is 13.2. The number of fused-ring (bicyclic) bond motifs is 1. The molecule has 0 spiro atoms. The van der Waals surface area contributed by atoms with E-state index < -0.39 is 47.2 Å². The topological polar surface area (TPSA) is 145 Å². The van der Waals surface area contributed by atoms with E-state index in [4.69, 9.17) is 9.47 Å². The largest absolute Gasteiger partial charge is 0.392 e. The minimum absolute atomic E-state index is 0.0203. The standard InChI is InChI=1S/C26H37N3O6S/c1-14(7-18-11-36-17(4)28-18)19-8-21-26(12-27,35-21)13-34-10-15(2)23(32)16(3)24(33)25(5,6)20(30)9-22(31)29-19/h7,11,15-16,19-21,23,30,32H,8-10,13H2,1-6H3,(H,29,31)/t15-,16+,19-,20-,21?,23-,26?/m0/s1. The molecule has 2 saturated heterocycles. The highest BCUT2D eigenvalue weighted by Gasteiger charge is 2.58. The van der Waals surface area contributed by atoms with E-state index >= 15 is 0 Å². The summed E-state index contributed by atoms with van der Waals surface area (Å²) in [6.07, 6.45) is -0.778. The van der Waals surface area contributed by atoms with Gasteiger partial charge in [0.05, 0.1) is 54.0 Å². The van der Waals surface area contributed by atoms with Gasteiger partial charge >= 0.3 is 0 Å². The Labute approximate surface area is 216 Å². The van der Waals surface area contributed by atoms with Gasteiger partial charge in [-0.3, -0.25) is 9.59 Å². The van der Waals surface area contributed by atoms with Gasteiger partial charge < -0.3 is 25.0 Å². The lowest BCUT2D eigenvalue weighted by molar-refractivity contribution is -0.143. The molecule has 36 heavy (non-hydrogen) atoms. The van der Waals surface area contributed by atoms with Crippen molar-refractivity contribution in [2.45, 2.75) is 84.3 Å². The molecule has 0 bridgehead atoms. The molecular formula is C26H37N3O6S. The fourth-order valence-electron chi connectivity index (χ4n) is 4.65. The molecule has 2 fully saturated rings. The Morgan fingerprint density at radius 1 is 1.33 bits per heavy atom. The summed E-state index contributed by atoms with van der Waals surface area (Å²) < 4.78 is 11.5. The third-order valence-electron chi connectivity index (χ3n) is 7.40. The number of ether oxygens (including phenoxy) is 2. The first-order chi connectivity index (χ1) is 16.8. The molecule has 1 amide bonds. The summed E-state index contributed by atoms with van der Waals surface area (Å²) in [4.78, 5) is 30.7. The normalized spacial score (nSPS) is 36.5. The minimum Gasteiger partial charge on any atom is -0.392 e. The van der Waals surface area contributed by atoms with Gasteiger partial charge in [-0.15, -0.1) is 11.3 Å². The van der Waals surface area contributed by atoms with Crippen LogP contribution in [0, 0.1) is 35.5 Å². The number of aryl methyl sites for hydroxylation is 1. The third kappa shape index (κ3) is 6.21. The molecule has 0 aliphatic carbocycles. The number of aliphatic hydroxyl groups excluding tert-OH is 2. The molecular weight excluding hydrogens is 482 g/mol. The Balaban J connectivity index is 1.89. The monoisotopic (exact) mass is 519 g/mol. The van der Waals surface area contributed by atoms with Crippen LogP contribution in [0.1, 0.15) is 58.2 Å². The molecule has 2 aliphatic rings. The molecule has 7 atom stereocenters. The maximum Gasteiger partial charge on any atom is 0.223 e. The fraction of sp³-hybridized carbons (Fsp3) is 0.692. The number of hydrogen-bond acceptors (Lipinski definition) is 9. The highest BCUT2D eigenvalue weighted by Crippen LogP contribution is 2.41. The van der Waals surface area contributed by atoms with Gasteiger partial charge in [-0.25, -0.2) is 4.98 Å². The van der Waals surface area contributed by atoms with Gasteiger partial charge in [0.15, 0.2) is 0 Å². The van der Waals surface area contributed by atoms with Gasteiger partial charge in [-0.1, -0.05) is 27.7 Å². The predicted octanol–water partition coefficient (Wildman–Crippen LogP) is 2.40. The van der Waals surface area contributed by atoms with Crippen molar-refractivity contribution in [1.29, 1.82) is 5.26 Å². The molecule has 0 saturated carbocycles. The lowest BCUT2D eigenvalue weighted by Crippen LogP contribution is -2.48. The number of rotatable bonds is 2. The van der Waals surface area contributed by atoms with Crippen LogP contribution >= 0.6 is 11.3 Å². The number of Topliss-reactive ketones (excluding diaryl/α,β-unsaturated/α-hetero) is 1. The number of carbonyl (C=O) groups excluding carboxylic acids is 2. The summed E-state index contributed by atoms with van der Waals surface area (Å²) in [5, 5.41) is 37.2. The van der Waals surface area contributed by atoms with Gasteiger partial charge in [0, 0.05) is 23.6 Å². The van der Waals surface area contributed by atoms with E-state index in [0.29, 0.717) is 6.42 Å². The number of ketones is 1. The maximum atomic E-state index is 13.2. The predicted molar refractivity (Wildman–Crippen MR) is 135 cm³/mol. The van der Waals surface area contributed by atoms with Crippen LogP contribution in [0.2, 0.25) is 0 Å². The van der Waals surface area contributed by atoms with Crippen LogP contribution in [0.3, 0.4) is 0 Å². The fourth-order valence-corrected chi connectivity index (χ4v) is 5.22. The molecule has 1 aromatic rings. The number of hydrogen-bond donors (Lipinski definition) is 3. The summed E-state index contributed by atoms with van der Waals surface area (Å²) in [5.41, 5.74) is -0.779. The lowest BCUT2D eigenvalue weighted by Gasteiger charge is -2.34. The number of thiazole rings is 1. The number of nitrogens with one attached hydrogen (secondary N) is 1. The van der Waals surface area contributed by atoms with Crippen molar-refractivity contribution in [3.63, 3.8) is 0 Å². The molecule has 2 aliphatic heterocycles. The number of nitriles is 1. The molecule has 198 valence electrons. The van der Waals surface area contributed by atoms with Gasteiger partial charge in [-0.05, 0) is 25.5 Å². The Kier molecular flexibility index (Phi) is 8.74. The van der Waals surface area contributed by atoms with Crippen LogP contribution < -0.4 is 5.32 Å². The Morgan fingerprint density at radius 3 is 2.64 bits per heavy atom. The highest BCUT2D eigenvalue weighted by atomic mass is 32.1. The SMILES string of the molecule is CC(=Cc1csc(C)n1)[C@@H]1CC2OC2(C#N)COC[C@H](C)[C@H](O)[C@@H](C)C(=O)C(C)(C)[C@@H](O)CC(=O)N1.